The van der Waals surface area contributed by atoms with Crippen molar-refractivity contribution in [3.63, 3.8) is 0 Å². The third kappa shape index (κ3) is 7.30. The molecular weight excluding hydrogens is 260 g/mol. The summed E-state index contributed by atoms with van der Waals surface area (Å²) in [5.74, 6) is -1.72. The highest BCUT2D eigenvalue weighted by Gasteiger charge is 2.10. The first-order chi connectivity index (χ1) is 9.56. The summed E-state index contributed by atoms with van der Waals surface area (Å²) in [6, 6.07) is 5.61. The second-order valence-corrected chi connectivity index (χ2v) is 3.70. The molecule has 0 amide bonds. The highest BCUT2D eigenvalue weighted by Crippen LogP contribution is 2.06. The summed E-state index contributed by atoms with van der Waals surface area (Å²) < 4.78 is 0. The van der Waals surface area contributed by atoms with Crippen LogP contribution in [0.5, 0.6) is 0 Å². The smallest absolute Gasteiger partial charge is 0.356 e. The molecule has 0 radical (unpaired) electrons. The summed E-state index contributed by atoms with van der Waals surface area (Å²) in [6.45, 7) is 6.63. The zero-order chi connectivity index (χ0) is 15.4. The van der Waals surface area contributed by atoms with Crippen molar-refractivity contribution in [2.45, 2.75) is 13.3 Å². The Hall–Kier alpha value is -2.18. The lowest BCUT2D eigenvalue weighted by atomic mass is 10.1. The van der Waals surface area contributed by atoms with Gasteiger partial charge in [0.1, 0.15) is 0 Å². The molecule has 0 atom stereocenters. The molecule has 110 valence electrons. The maximum Gasteiger partial charge on any atom is 0.356 e. The number of aromatic carboxylic acids is 1. The maximum absolute atomic E-state index is 11.4. The van der Waals surface area contributed by atoms with Crippen molar-refractivity contribution in [2.24, 2.45) is 5.73 Å². The second-order valence-electron chi connectivity index (χ2n) is 3.70. The normalized spacial score (nSPS) is 9.10. The molecule has 1 rings (SSSR count). The summed E-state index contributed by atoms with van der Waals surface area (Å²) in [5, 5.41) is 8.72. The van der Waals surface area contributed by atoms with Gasteiger partial charge in [0.05, 0.1) is 11.1 Å². The van der Waals surface area contributed by atoms with Crippen LogP contribution >= 0.6 is 0 Å². The SMILES string of the molecule is C=CCNOC(=O)c1cccc(C(=O)O)c1.CCCN. The number of hydrogen-bond acceptors (Lipinski definition) is 5. The molecule has 4 N–H and O–H groups in total. The Morgan fingerprint density at radius 3 is 2.55 bits per heavy atom. The van der Waals surface area contributed by atoms with Gasteiger partial charge in [-0.1, -0.05) is 19.1 Å². The molecule has 6 nitrogen and oxygen atoms in total. The highest BCUT2D eigenvalue weighted by atomic mass is 16.7. The number of carboxylic acid groups (broad SMARTS) is 1. The second kappa shape index (κ2) is 10.7. The first kappa shape index (κ1) is 17.8. The lowest BCUT2D eigenvalue weighted by molar-refractivity contribution is 0.0279. The van der Waals surface area contributed by atoms with E-state index in [4.69, 9.17) is 10.8 Å². The fourth-order valence-electron chi connectivity index (χ4n) is 1.00. The molecule has 0 aliphatic carbocycles. The molecule has 0 fully saturated rings. The quantitative estimate of drug-likeness (QED) is 0.415. The number of rotatable bonds is 6. The molecule has 20 heavy (non-hydrogen) atoms. The molecule has 0 saturated carbocycles. The highest BCUT2D eigenvalue weighted by molar-refractivity contribution is 5.94. The first-order valence-corrected chi connectivity index (χ1v) is 6.15. The van der Waals surface area contributed by atoms with Gasteiger partial charge in [-0.05, 0) is 31.2 Å². The Kier molecular flexibility index (Phi) is 9.55. The largest absolute Gasteiger partial charge is 0.478 e. The predicted molar refractivity (Wildman–Crippen MR) is 76.4 cm³/mol. The van der Waals surface area contributed by atoms with Gasteiger partial charge in [0.25, 0.3) is 0 Å². The van der Waals surface area contributed by atoms with Crippen molar-refractivity contribution in [1.82, 2.24) is 5.48 Å². The van der Waals surface area contributed by atoms with E-state index in [-0.39, 0.29) is 11.1 Å². The van der Waals surface area contributed by atoms with Gasteiger partial charge in [0.2, 0.25) is 0 Å². The van der Waals surface area contributed by atoms with E-state index in [1.54, 1.807) is 0 Å². The van der Waals surface area contributed by atoms with Crippen LogP contribution in [0.2, 0.25) is 0 Å². The monoisotopic (exact) mass is 280 g/mol. The summed E-state index contributed by atoms with van der Waals surface area (Å²) in [6.07, 6.45) is 2.63. The van der Waals surface area contributed by atoms with Gasteiger partial charge in [0, 0.05) is 6.54 Å². The number of carboxylic acids is 1. The summed E-state index contributed by atoms with van der Waals surface area (Å²) >= 11 is 0. The molecule has 6 heteroatoms. The average Bonchev–Trinajstić information content (AvgIpc) is 2.47. The first-order valence-electron chi connectivity index (χ1n) is 6.15. The fourth-order valence-corrected chi connectivity index (χ4v) is 1.00. The van der Waals surface area contributed by atoms with Gasteiger partial charge in [-0.3, -0.25) is 0 Å². The number of nitrogens with one attached hydrogen (secondary N) is 1. The van der Waals surface area contributed by atoms with Gasteiger partial charge in [-0.15, -0.1) is 12.1 Å². The molecule has 0 aliphatic rings. The Balaban J connectivity index is 0.000000796. The van der Waals surface area contributed by atoms with E-state index < -0.39 is 11.9 Å². The maximum atomic E-state index is 11.4. The number of hydrogen-bond donors (Lipinski definition) is 3. The average molecular weight is 280 g/mol. The van der Waals surface area contributed by atoms with E-state index in [2.05, 4.69) is 23.8 Å². The van der Waals surface area contributed by atoms with Gasteiger partial charge >= 0.3 is 11.9 Å². The van der Waals surface area contributed by atoms with Gasteiger partial charge in [0.15, 0.2) is 0 Å². The predicted octanol–water partition coefficient (Wildman–Crippen LogP) is 1.59. The Morgan fingerprint density at radius 1 is 1.45 bits per heavy atom. The molecular formula is C14H20N2O4. The van der Waals surface area contributed by atoms with E-state index in [0.29, 0.717) is 6.54 Å². The Morgan fingerprint density at radius 2 is 2.05 bits per heavy atom. The summed E-state index contributed by atoms with van der Waals surface area (Å²) in [5.41, 5.74) is 7.61. The van der Waals surface area contributed by atoms with Gasteiger partial charge in [-0.2, -0.15) is 0 Å². The summed E-state index contributed by atoms with van der Waals surface area (Å²) in [7, 11) is 0. The molecule has 0 aliphatic heterocycles. The number of benzene rings is 1. The molecule has 0 aromatic heterocycles. The van der Waals surface area contributed by atoms with E-state index >= 15 is 0 Å². The van der Waals surface area contributed by atoms with Crippen molar-refractivity contribution in [3.05, 3.63) is 48.0 Å². The molecule has 0 saturated heterocycles. The van der Waals surface area contributed by atoms with Crippen LogP contribution in [0.1, 0.15) is 34.1 Å². The fraction of sp³-hybridized carbons (Fsp3) is 0.286. The van der Waals surface area contributed by atoms with Crippen LogP contribution in [-0.2, 0) is 4.84 Å². The molecule has 0 heterocycles. The number of carbonyl (C=O) groups is 2. The van der Waals surface area contributed by atoms with Crippen molar-refractivity contribution in [3.8, 4) is 0 Å². The number of carbonyl (C=O) groups excluding carboxylic acids is 1. The minimum Gasteiger partial charge on any atom is -0.478 e. The Bertz CT molecular complexity index is 445. The van der Waals surface area contributed by atoms with Gasteiger partial charge < -0.3 is 15.7 Å². The van der Waals surface area contributed by atoms with Crippen LogP contribution in [0.3, 0.4) is 0 Å². The lowest BCUT2D eigenvalue weighted by Gasteiger charge is -2.03. The van der Waals surface area contributed by atoms with E-state index in [1.165, 1.54) is 30.3 Å². The van der Waals surface area contributed by atoms with Crippen LogP contribution < -0.4 is 11.2 Å². The van der Waals surface area contributed by atoms with Crippen LogP contribution in [-0.4, -0.2) is 30.1 Å². The minimum atomic E-state index is -1.09. The van der Waals surface area contributed by atoms with E-state index in [9.17, 15) is 9.59 Å². The van der Waals surface area contributed by atoms with Crippen LogP contribution in [0, 0.1) is 0 Å². The zero-order valence-corrected chi connectivity index (χ0v) is 11.5. The van der Waals surface area contributed by atoms with Crippen molar-refractivity contribution in [2.75, 3.05) is 13.1 Å². The van der Waals surface area contributed by atoms with Crippen molar-refractivity contribution < 1.29 is 19.5 Å². The molecule has 0 spiro atoms. The summed E-state index contributed by atoms with van der Waals surface area (Å²) in [4.78, 5) is 26.7. The molecule has 1 aromatic carbocycles. The molecule has 1 aromatic rings. The molecule has 0 bridgehead atoms. The van der Waals surface area contributed by atoms with E-state index in [1.807, 2.05) is 0 Å². The Labute approximate surface area is 118 Å². The van der Waals surface area contributed by atoms with Crippen molar-refractivity contribution >= 4 is 11.9 Å². The third-order valence-corrected chi connectivity index (χ3v) is 2.03. The third-order valence-electron chi connectivity index (χ3n) is 2.03. The number of nitrogens with two attached hydrogens (primary N) is 1. The topological polar surface area (TPSA) is 102 Å². The van der Waals surface area contributed by atoms with Crippen LogP contribution in [0.25, 0.3) is 0 Å². The zero-order valence-electron chi connectivity index (χ0n) is 11.5. The standard InChI is InChI=1S/C11H11NO4.C3H9N/c1-2-6-12-16-11(15)9-5-3-4-8(7-9)10(13)14;1-2-3-4/h2-5,7,12H,1,6H2,(H,13,14);2-4H2,1H3. The lowest BCUT2D eigenvalue weighted by Crippen LogP contribution is -2.20. The van der Waals surface area contributed by atoms with Crippen LogP contribution in [0.4, 0.5) is 0 Å². The molecule has 0 unspecified atom stereocenters. The van der Waals surface area contributed by atoms with E-state index in [0.717, 1.165) is 13.0 Å². The van der Waals surface area contributed by atoms with Crippen LogP contribution in [0.15, 0.2) is 36.9 Å². The minimum absolute atomic E-state index is 0.0400. The van der Waals surface area contributed by atoms with Gasteiger partial charge in [-0.25, -0.2) is 9.59 Å². The number of hydroxylamine groups is 1. The van der Waals surface area contributed by atoms with Crippen molar-refractivity contribution in [1.29, 1.82) is 0 Å².